The van der Waals surface area contributed by atoms with Crippen LogP contribution in [-0.4, -0.2) is 104 Å². The lowest BCUT2D eigenvalue weighted by atomic mass is 9.43. The molecule has 2 heterocycles. The normalized spacial score (nSPS) is 38.8. The molecular formula is C36H49NO9. The quantitative estimate of drug-likeness (QED) is 0.349. The van der Waals surface area contributed by atoms with Crippen molar-refractivity contribution >= 4 is 17.7 Å². The molecule has 0 radical (unpaired) electrons. The Morgan fingerprint density at radius 1 is 1.11 bits per heavy atom. The van der Waals surface area contributed by atoms with Crippen molar-refractivity contribution < 1.29 is 43.2 Å². The number of hydrogen-bond donors (Lipinski definition) is 1. The lowest BCUT2D eigenvalue weighted by Crippen LogP contribution is -2.81. The van der Waals surface area contributed by atoms with E-state index in [9.17, 15) is 14.7 Å². The number of ether oxygens (including phenoxy) is 5. The summed E-state index contributed by atoms with van der Waals surface area (Å²) < 4.78 is 30.5. The van der Waals surface area contributed by atoms with Gasteiger partial charge in [0, 0.05) is 44.9 Å². The molecule has 2 saturated carbocycles. The lowest BCUT2D eigenvalue weighted by Gasteiger charge is -2.68. The van der Waals surface area contributed by atoms with Gasteiger partial charge in [-0.3, -0.25) is 14.5 Å². The third kappa shape index (κ3) is 4.98. The number of benzene rings is 1. The fourth-order valence-electron chi connectivity index (χ4n) is 9.66. The molecule has 0 amide bonds. The monoisotopic (exact) mass is 639 g/mol. The van der Waals surface area contributed by atoms with Gasteiger partial charge in [-0.25, -0.2) is 4.79 Å². The highest BCUT2D eigenvalue weighted by Crippen LogP contribution is 2.65. The Morgan fingerprint density at radius 2 is 1.80 bits per heavy atom. The van der Waals surface area contributed by atoms with Gasteiger partial charge in [0.25, 0.3) is 0 Å². The van der Waals surface area contributed by atoms with Crippen LogP contribution in [0.4, 0.5) is 0 Å². The summed E-state index contributed by atoms with van der Waals surface area (Å²) in [6.07, 6.45) is -0.753. The maximum atomic E-state index is 15.6. The van der Waals surface area contributed by atoms with E-state index in [0.717, 1.165) is 24.2 Å². The van der Waals surface area contributed by atoms with Gasteiger partial charge in [0.2, 0.25) is 0 Å². The van der Waals surface area contributed by atoms with Gasteiger partial charge >= 0.3 is 11.9 Å². The summed E-state index contributed by atoms with van der Waals surface area (Å²) in [5.74, 6) is -2.66. The van der Waals surface area contributed by atoms with Gasteiger partial charge in [-0.2, -0.15) is 0 Å². The fraction of sp³-hybridized carbons (Fsp3) is 0.694. The van der Waals surface area contributed by atoms with Gasteiger partial charge in [-0.05, 0) is 51.8 Å². The Labute approximate surface area is 271 Å². The number of Topliss-reactive ketones (excluding diaryl/α,β-unsaturated/α-hetero) is 1. The molecule has 2 bridgehead atoms. The van der Waals surface area contributed by atoms with Crippen molar-refractivity contribution in [3.05, 3.63) is 47.0 Å². The summed E-state index contributed by atoms with van der Waals surface area (Å²) >= 11 is 0. The Morgan fingerprint density at radius 3 is 2.41 bits per heavy atom. The summed E-state index contributed by atoms with van der Waals surface area (Å²) in [6, 6.07) is 8.65. The zero-order chi connectivity index (χ0) is 33.1. The SMILES string of the molecule is CO[C@H]1C[C@H]2OC[C@@]2(OC(C)=O)C2C(OC(=O)c3ccccc3)[C@]3(O)CCC(C)=C([C@@H](CCN4CCOCC4)C(=O)[C@@]21C)C3(C)C. The van der Waals surface area contributed by atoms with E-state index in [1.165, 1.54) is 6.92 Å². The van der Waals surface area contributed by atoms with Crippen LogP contribution in [0.15, 0.2) is 41.5 Å². The van der Waals surface area contributed by atoms with Gasteiger partial charge in [-0.15, -0.1) is 0 Å². The molecule has 1 aromatic rings. The van der Waals surface area contributed by atoms with E-state index in [-0.39, 0.29) is 12.4 Å². The molecule has 2 unspecified atom stereocenters. The first-order chi connectivity index (χ1) is 21.8. The van der Waals surface area contributed by atoms with Crippen LogP contribution in [-0.2, 0) is 33.3 Å². The van der Waals surface area contributed by atoms with Crippen LogP contribution in [0.5, 0.6) is 0 Å². The molecule has 5 aliphatic rings. The molecule has 1 aromatic carbocycles. The molecule has 0 spiro atoms. The molecule has 10 nitrogen and oxygen atoms in total. The van der Waals surface area contributed by atoms with E-state index in [1.807, 2.05) is 26.8 Å². The minimum absolute atomic E-state index is 0.0251. The van der Waals surface area contributed by atoms with Gasteiger partial charge in [0.05, 0.1) is 42.8 Å². The smallest absolute Gasteiger partial charge is 0.338 e. The Hall–Kier alpha value is -2.63. The first-order valence-corrected chi connectivity index (χ1v) is 16.7. The fourth-order valence-corrected chi connectivity index (χ4v) is 9.66. The molecule has 0 aromatic heterocycles. The summed E-state index contributed by atoms with van der Waals surface area (Å²) in [6.45, 7) is 12.8. The molecule has 1 N–H and O–H groups in total. The molecule has 4 fully saturated rings. The summed E-state index contributed by atoms with van der Waals surface area (Å²) in [5.41, 5.74) is -2.89. The largest absolute Gasteiger partial charge is 0.455 e. The van der Waals surface area contributed by atoms with Crippen molar-refractivity contribution in [3.63, 3.8) is 0 Å². The van der Waals surface area contributed by atoms with Gasteiger partial charge in [0.1, 0.15) is 23.6 Å². The van der Waals surface area contributed by atoms with Crippen molar-refractivity contribution in [2.45, 2.75) is 89.8 Å². The Bertz CT molecular complexity index is 1390. The van der Waals surface area contributed by atoms with Crippen molar-refractivity contribution in [2.24, 2.45) is 22.7 Å². The van der Waals surface area contributed by atoms with E-state index < -0.39 is 64.1 Å². The number of morpholine rings is 1. The Balaban J connectivity index is 1.57. The maximum Gasteiger partial charge on any atom is 0.338 e. The van der Waals surface area contributed by atoms with Crippen molar-refractivity contribution in [3.8, 4) is 0 Å². The van der Waals surface area contributed by atoms with Gasteiger partial charge < -0.3 is 28.8 Å². The van der Waals surface area contributed by atoms with E-state index in [0.29, 0.717) is 51.0 Å². The number of allylic oxidation sites excluding steroid dienone is 1. The summed E-state index contributed by atoms with van der Waals surface area (Å²) in [7, 11) is 1.58. The highest BCUT2D eigenvalue weighted by Gasteiger charge is 2.77. The van der Waals surface area contributed by atoms with Gasteiger partial charge in [-0.1, -0.05) is 43.2 Å². The number of nitrogens with zero attached hydrogens (tertiary/aromatic N) is 1. The van der Waals surface area contributed by atoms with Gasteiger partial charge in [0.15, 0.2) is 5.60 Å². The third-order valence-corrected chi connectivity index (χ3v) is 12.1. The minimum Gasteiger partial charge on any atom is -0.455 e. The van der Waals surface area contributed by atoms with Crippen LogP contribution in [0.25, 0.3) is 0 Å². The summed E-state index contributed by atoms with van der Waals surface area (Å²) in [4.78, 5) is 44.7. The molecule has 252 valence electrons. The van der Waals surface area contributed by atoms with Crippen molar-refractivity contribution in [1.82, 2.24) is 4.90 Å². The van der Waals surface area contributed by atoms with E-state index in [2.05, 4.69) is 11.8 Å². The molecule has 6 rings (SSSR count). The molecule has 2 saturated heterocycles. The number of hydrogen-bond acceptors (Lipinski definition) is 10. The predicted octanol–water partition coefficient (Wildman–Crippen LogP) is 3.74. The van der Waals surface area contributed by atoms with Crippen LogP contribution in [0.3, 0.4) is 0 Å². The second-order valence-corrected chi connectivity index (χ2v) is 14.7. The second kappa shape index (κ2) is 12.1. The first kappa shape index (κ1) is 33.3. The van der Waals surface area contributed by atoms with Crippen molar-refractivity contribution in [2.75, 3.05) is 46.6 Å². The predicted molar refractivity (Wildman–Crippen MR) is 168 cm³/mol. The van der Waals surface area contributed by atoms with E-state index >= 15 is 4.79 Å². The first-order valence-electron chi connectivity index (χ1n) is 16.7. The van der Waals surface area contributed by atoms with Crippen LogP contribution in [0, 0.1) is 22.7 Å². The topological polar surface area (TPSA) is 121 Å². The molecule has 10 heteroatoms. The molecular weight excluding hydrogens is 590 g/mol. The molecule has 8 atom stereocenters. The minimum atomic E-state index is -1.61. The number of carbonyl (C=O) groups excluding carboxylic acids is 3. The zero-order valence-corrected chi connectivity index (χ0v) is 28.0. The zero-order valence-electron chi connectivity index (χ0n) is 28.0. The average Bonchev–Trinajstić information content (AvgIpc) is 3.02. The molecule has 3 aliphatic carbocycles. The number of methoxy groups -OCH3 is 1. The van der Waals surface area contributed by atoms with Crippen LogP contribution < -0.4 is 0 Å². The lowest BCUT2D eigenvalue weighted by molar-refractivity contribution is -0.346. The average molecular weight is 640 g/mol. The van der Waals surface area contributed by atoms with Crippen LogP contribution in [0.2, 0.25) is 0 Å². The number of aliphatic hydroxyl groups is 1. The molecule has 2 aliphatic heterocycles. The number of esters is 2. The Kier molecular flexibility index (Phi) is 8.76. The number of fused-ring (bicyclic) bond motifs is 5. The second-order valence-electron chi connectivity index (χ2n) is 14.7. The third-order valence-electron chi connectivity index (χ3n) is 12.1. The maximum absolute atomic E-state index is 15.6. The number of ketones is 1. The highest BCUT2D eigenvalue weighted by atomic mass is 16.6. The van der Waals surface area contributed by atoms with Crippen molar-refractivity contribution in [1.29, 1.82) is 0 Å². The van der Waals surface area contributed by atoms with E-state index in [4.69, 9.17) is 23.7 Å². The standard InChI is InChI=1S/C36H49NO9/c1-22-12-14-36(41)31(45-32(40)24-10-8-7-9-11-24)29-34(5,26(42-6)20-27-35(29,21-44-27)46-23(2)38)30(39)25(28(22)33(36,3)4)13-15-37-16-18-43-19-17-37/h7-11,25-27,29,31,41H,12-21H2,1-6H3/t25-,26+,27-,29?,31?,34-,35+,36-/m1/s1. The van der Waals surface area contributed by atoms with Crippen LogP contribution in [0.1, 0.15) is 70.7 Å². The number of rotatable bonds is 7. The number of carbonyl (C=O) groups is 3. The van der Waals surface area contributed by atoms with E-state index in [1.54, 1.807) is 31.4 Å². The highest BCUT2D eigenvalue weighted by molar-refractivity contribution is 5.92. The summed E-state index contributed by atoms with van der Waals surface area (Å²) in [5, 5.41) is 13.2. The molecule has 46 heavy (non-hydrogen) atoms. The van der Waals surface area contributed by atoms with Crippen LogP contribution >= 0.6 is 0 Å².